The summed E-state index contributed by atoms with van der Waals surface area (Å²) in [5.41, 5.74) is 0.238. The second-order valence-corrected chi connectivity index (χ2v) is 3.07. The number of rotatable bonds is 0. The maximum atomic E-state index is 12.2. The van der Waals surface area contributed by atoms with E-state index in [0.29, 0.717) is 17.7 Å². The summed E-state index contributed by atoms with van der Waals surface area (Å²) in [4.78, 5) is 0. The summed E-state index contributed by atoms with van der Waals surface area (Å²) in [5, 5.41) is 6.72. The fourth-order valence-corrected chi connectivity index (χ4v) is 1.34. The van der Waals surface area contributed by atoms with E-state index in [1.165, 1.54) is 0 Å². The van der Waals surface area contributed by atoms with E-state index in [9.17, 15) is 13.2 Å². The SMILES string of the molecule is FC(F)(F)c1cc2c(nn1)CCC=C2. The van der Waals surface area contributed by atoms with Crippen LogP contribution in [-0.2, 0) is 12.6 Å². The van der Waals surface area contributed by atoms with Crippen molar-refractivity contribution in [2.24, 2.45) is 0 Å². The van der Waals surface area contributed by atoms with Gasteiger partial charge in [-0.15, -0.1) is 5.10 Å². The Morgan fingerprint density at radius 1 is 1.21 bits per heavy atom. The van der Waals surface area contributed by atoms with E-state index in [1.807, 2.05) is 6.08 Å². The molecule has 0 saturated carbocycles. The van der Waals surface area contributed by atoms with Crippen molar-refractivity contribution in [3.8, 4) is 0 Å². The van der Waals surface area contributed by atoms with Crippen LogP contribution in [0.3, 0.4) is 0 Å². The van der Waals surface area contributed by atoms with E-state index in [0.717, 1.165) is 12.5 Å². The maximum absolute atomic E-state index is 12.2. The van der Waals surface area contributed by atoms with Gasteiger partial charge in [-0.1, -0.05) is 12.2 Å². The second-order valence-electron chi connectivity index (χ2n) is 3.07. The minimum absolute atomic E-state index is 0.526. The number of aromatic nitrogens is 2. The van der Waals surface area contributed by atoms with Crippen molar-refractivity contribution in [2.45, 2.75) is 19.0 Å². The topological polar surface area (TPSA) is 25.8 Å². The molecule has 0 saturated heterocycles. The third kappa shape index (κ3) is 1.62. The van der Waals surface area contributed by atoms with Gasteiger partial charge in [0, 0.05) is 0 Å². The van der Waals surface area contributed by atoms with E-state index in [-0.39, 0.29) is 0 Å². The van der Waals surface area contributed by atoms with Crippen LogP contribution >= 0.6 is 0 Å². The number of aryl methyl sites for hydroxylation is 1. The standard InChI is InChI=1S/C9H7F3N2/c10-9(11,12)8-5-6-3-1-2-4-7(6)13-14-8/h1,3,5H,2,4H2. The van der Waals surface area contributed by atoms with Gasteiger partial charge in [0.05, 0.1) is 5.69 Å². The van der Waals surface area contributed by atoms with Gasteiger partial charge in [0.2, 0.25) is 0 Å². The van der Waals surface area contributed by atoms with Crippen molar-refractivity contribution in [1.29, 1.82) is 0 Å². The zero-order chi connectivity index (χ0) is 10.2. The molecule has 1 aromatic heterocycles. The lowest BCUT2D eigenvalue weighted by Crippen LogP contribution is -2.12. The highest BCUT2D eigenvalue weighted by Gasteiger charge is 2.33. The van der Waals surface area contributed by atoms with Crippen LogP contribution in [-0.4, -0.2) is 10.2 Å². The lowest BCUT2D eigenvalue weighted by Gasteiger charge is -2.10. The second kappa shape index (κ2) is 3.08. The number of hydrogen-bond acceptors (Lipinski definition) is 2. The highest BCUT2D eigenvalue weighted by molar-refractivity contribution is 5.54. The van der Waals surface area contributed by atoms with Crippen molar-refractivity contribution in [1.82, 2.24) is 10.2 Å². The molecule has 14 heavy (non-hydrogen) atoms. The number of hydrogen-bond donors (Lipinski definition) is 0. The Morgan fingerprint density at radius 3 is 2.71 bits per heavy atom. The Balaban J connectivity index is 2.45. The molecule has 1 aromatic rings. The third-order valence-corrected chi connectivity index (χ3v) is 2.04. The molecule has 0 radical (unpaired) electrons. The summed E-state index contributed by atoms with van der Waals surface area (Å²) in [7, 11) is 0. The number of halogens is 3. The Morgan fingerprint density at radius 2 is 2.00 bits per heavy atom. The van der Waals surface area contributed by atoms with Crippen LogP contribution in [0.1, 0.15) is 23.4 Å². The van der Waals surface area contributed by atoms with Crippen LogP contribution in [0.5, 0.6) is 0 Å². The Labute approximate surface area is 78.5 Å². The summed E-state index contributed by atoms with van der Waals surface area (Å²) in [6.45, 7) is 0. The first-order chi connectivity index (χ1) is 6.57. The normalized spacial score (nSPS) is 15.4. The van der Waals surface area contributed by atoms with Crippen molar-refractivity contribution < 1.29 is 13.2 Å². The van der Waals surface area contributed by atoms with E-state index in [2.05, 4.69) is 10.2 Å². The number of nitrogens with zero attached hydrogens (tertiary/aromatic N) is 2. The molecule has 74 valence electrons. The molecule has 2 nitrogen and oxygen atoms in total. The summed E-state index contributed by atoms with van der Waals surface area (Å²) < 4.78 is 36.7. The van der Waals surface area contributed by atoms with E-state index in [4.69, 9.17) is 0 Å². The minimum atomic E-state index is -4.41. The molecule has 0 amide bonds. The molecule has 0 aliphatic heterocycles. The Hall–Kier alpha value is -1.39. The quantitative estimate of drug-likeness (QED) is 0.642. The average Bonchev–Trinajstić information content (AvgIpc) is 2.16. The average molecular weight is 200 g/mol. The highest BCUT2D eigenvalue weighted by atomic mass is 19.4. The van der Waals surface area contributed by atoms with Crippen LogP contribution in [0.4, 0.5) is 13.2 Å². The monoisotopic (exact) mass is 200 g/mol. The van der Waals surface area contributed by atoms with Crippen LogP contribution in [0, 0.1) is 0 Å². The predicted octanol–water partition coefficient (Wildman–Crippen LogP) is 2.45. The molecule has 0 N–H and O–H groups in total. The molecule has 0 atom stereocenters. The number of fused-ring (bicyclic) bond motifs is 1. The smallest absolute Gasteiger partial charge is 0.164 e. The molecule has 1 aliphatic carbocycles. The molecule has 2 rings (SSSR count). The molecular weight excluding hydrogens is 193 g/mol. The fourth-order valence-electron chi connectivity index (χ4n) is 1.34. The maximum Gasteiger partial charge on any atom is 0.435 e. The van der Waals surface area contributed by atoms with Gasteiger partial charge in [0.25, 0.3) is 0 Å². The van der Waals surface area contributed by atoms with Gasteiger partial charge in [-0.3, -0.25) is 0 Å². The highest BCUT2D eigenvalue weighted by Crippen LogP contribution is 2.29. The van der Waals surface area contributed by atoms with Gasteiger partial charge in [0.1, 0.15) is 0 Å². The van der Waals surface area contributed by atoms with Crippen LogP contribution in [0.15, 0.2) is 12.1 Å². The molecule has 5 heteroatoms. The minimum Gasteiger partial charge on any atom is -0.164 e. The first-order valence-electron chi connectivity index (χ1n) is 4.18. The lowest BCUT2D eigenvalue weighted by molar-refractivity contribution is -0.141. The van der Waals surface area contributed by atoms with Crippen molar-refractivity contribution in [3.05, 3.63) is 29.1 Å². The van der Waals surface area contributed by atoms with Crippen LogP contribution in [0.2, 0.25) is 0 Å². The van der Waals surface area contributed by atoms with Crippen LogP contribution in [0.25, 0.3) is 6.08 Å². The third-order valence-electron chi connectivity index (χ3n) is 2.04. The predicted molar refractivity (Wildman–Crippen MR) is 44.4 cm³/mol. The molecule has 1 aliphatic rings. The molecular formula is C9H7F3N2. The van der Waals surface area contributed by atoms with E-state index < -0.39 is 11.9 Å². The lowest BCUT2D eigenvalue weighted by atomic mass is 10.0. The fraction of sp³-hybridized carbons (Fsp3) is 0.333. The largest absolute Gasteiger partial charge is 0.435 e. The Kier molecular flexibility index (Phi) is 2.02. The summed E-state index contributed by atoms with van der Waals surface area (Å²) >= 11 is 0. The molecule has 0 aromatic carbocycles. The number of allylic oxidation sites excluding steroid dienone is 1. The van der Waals surface area contributed by atoms with Crippen molar-refractivity contribution in [2.75, 3.05) is 0 Å². The van der Waals surface area contributed by atoms with Gasteiger partial charge < -0.3 is 0 Å². The zero-order valence-electron chi connectivity index (χ0n) is 7.17. The molecule has 0 bridgehead atoms. The summed E-state index contributed by atoms with van der Waals surface area (Å²) in [6.07, 6.45) is 0.560. The molecule has 0 fully saturated rings. The van der Waals surface area contributed by atoms with Crippen molar-refractivity contribution in [3.63, 3.8) is 0 Å². The first kappa shape index (κ1) is 9.18. The van der Waals surface area contributed by atoms with Gasteiger partial charge >= 0.3 is 6.18 Å². The number of alkyl halides is 3. The van der Waals surface area contributed by atoms with Crippen LogP contribution < -0.4 is 0 Å². The zero-order valence-corrected chi connectivity index (χ0v) is 7.17. The Bertz CT molecular complexity index is 382. The van der Waals surface area contributed by atoms with Gasteiger partial charge in [-0.25, -0.2) is 0 Å². The van der Waals surface area contributed by atoms with E-state index >= 15 is 0 Å². The summed E-state index contributed by atoms with van der Waals surface area (Å²) in [5.74, 6) is 0. The van der Waals surface area contributed by atoms with E-state index in [1.54, 1.807) is 6.08 Å². The van der Waals surface area contributed by atoms with Gasteiger partial charge in [-0.05, 0) is 24.5 Å². The molecule has 0 unspecified atom stereocenters. The molecule has 0 spiro atoms. The van der Waals surface area contributed by atoms with Gasteiger partial charge in [0.15, 0.2) is 5.69 Å². The molecule has 1 heterocycles. The first-order valence-corrected chi connectivity index (χ1v) is 4.18. The van der Waals surface area contributed by atoms with Crippen molar-refractivity contribution >= 4 is 6.08 Å². The van der Waals surface area contributed by atoms with Gasteiger partial charge in [-0.2, -0.15) is 18.3 Å². The summed E-state index contributed by atoms with van der Waals surface area (Å²) in [6, 6.07) is 1.04.